The molecule has 0 amide bonds. The first-order chi connectivity index (χ1) is 7.29. The van der Waals surface area contributed by atoms with E-state index in [4.69, 9.17) is 0 Å². The lowest BCUT2D eigenvalue weighted by Gasteiger charge is -1.94. The lowest BCUT2D eigenvalue weighted by molar-refractivity contribution is 1.50. The van der Waals surface area contributed by atoms with E-state index >= 15 is 0 Å². The monoisotopic (exact) mass is 220 g/mol. The van der Waals surface area contributed by atoms with E-state index in [9.17, 15) is 0 Å². The minimum absolute atomic E-state index is 1.24. The molecule has 82 valence electrons. The summed E-state index contributed by atoms with van der Waals surface area (Å²) >= 11 is 0. The van der Waals surface area contributed by atoms with Crippen LogP contribution in [0.2, 0.25) is 0 Å². The van der Waals surface area contributed by atoms with E-state index in [1.807, 2.05) is 26.8 Å². The van der Waals surface area contributed by atoms with Crippen molar-refractivity contribution in [1.29, 1.82) is 0 Å². The van der Waals surface area contributed by atoms with Crippen molar-refractivity contribution in [2.24, 2.45) is 0 Å². The SMILES string of the molecule is CC.C\C=C/C=c1/c(P)ccc/c1=C/C. The largest absolute Gasteiger partial charge is 0.105 e. The molecule has 1 aromatic rings. The second-order valence-corrected chi connectivity index (χ2v) is 3.45. The average Bonchev–Trinajstić information content (AvgIpc) is 2.30. The van der Waals surface area contributed by atoms with Gasteiger partial charge in [0.15, 0.2) is 0 Å². The molecule has 0 aromatic heterocycles. The summed E-state index contributed by atoms with van der Waals surface area (Å²) in [4.78, 5) is 0. The third kappa shape index (κ3) is 4.44. The maximum absolute atomic E-state index is 2.76. The lowest BCUT2D eigenvalue weighted by Crippen LogP contribution is -2.34. The molecule has 1 heteroatoms. The maximum Gasteiger partial charge on any atom is -0.0116 e. The zero-order valence-electron chi connectivity index (χ0n) is 10.1. The van der Waals surface area contributed by atoms with Crippen LogP contribution in [0.25, 0.3) is 12.2 Å². The Hall–Kier alpha value is -0.870. The van der Waals surface area contributed by atoms with Gasteiger partial charge >= 0.3 is 0 Å². The molecule has 1 unspecified atom stereocenters. The Labute approximate surface area is 95.6 Å². The molecule has 0 aliphatic carbocycles. The van der Waals surface area contributed by atoms with Crippen molar-refractivity contribution in [3.05, 3.63) is 40.8 Å². The highest BCUT2D eigenvalue weighted by Crippen LogP contribution is 1.80. The van der Waals surface area contributed by atoms with E-state index in [1.165, 1.54) is 15.7 Å². The third-order valence-corrected chi connectivity index (χ3v) is 2.44. The molecule has 0 fully saturated rings. The van der Waals surface area contributed by atoms with Crippen LogP contribution in [0.15, 0.2) is 30.4 Å². The van der Waals surface area contributed by atoms with Crippen LogP contribution in [-0.4, -0.2) is 0 Å². The minimum Gasteiger partial charge on any atom is -0.105 e. The van der Waals surface area contributed by atoms with Gasteiger partial charge in [-0.05, 0) is 29.6 Å². The fraction of sp³-hybridized carbons (Fsp3) is 0.286. The molecule has 0 bridgehead atoms. The fourth-order valence-electron chi connectivity index (χ4n) is 1.24. The van der Waals surface area contributed by atoms with Crippen LogP contribution in [0.3, 0.4) is 0 Å². The van der Waals surface area contributed by atoms with Crippen molar-refractivity contribution >= 4 is 26.7 Å². The summed E-state index contributed by atoms with van der Waals surface area (Å²) in [5.74, 6) is 0. The molecule has 1 rings (SSSR count). The summed E-state index contributed by atoms with van der Waals surface area (Å²) in [7, 11) is 2.76. The van der Waals surface area contributed by atoms with Crippen LogP contribution in [0.1, 0.15) is 27.7 Å². The van der Waals surface area contributed by atoms with Crippen molar-refractivity contribution < 1.29 is 0 Å². The molecular formula is C14H21P. The molecular weight excluding hydrogens is 199 g/mol. The smallest absolute Gasteiger partial charge is 0.0116 e. The highest BCUT2D eigenvalue weighted by atomic mass is 31.0. The van der Waals surface area contributed by atoms with Crippen molar-refractivity contribution in [2.75, 3.05) is 0 Å². The first-order valence-electron chi connectivity index (χ1n) is 5.43. The van der Waals surface area contributed by atoms with Gasteiger partial charge in [0.2, 0.25) is 0 Å². The topological polar surface area (TPSA) is 0 Å². The predicted molar refractivity (Wildman–Crippen MR) is 75.8 cm³/mol. The first-order valence-corrected chi connectivity index (χ1v) is 6.01. The quantitative estimate of drug-likeness (QED) is 0.637. The molecule has 0 heterocycles. The molecule has 0 saturated heterocycles. The van der Waals surface area contributed by atoms with Gasteiger partial charge in [-0.2, -0.15) is 0 Å². The number of hydrogen-bond donors (Lipinski definition) is 0. The van der Waals surface area contributed by atoms with Crippen LogP contribution in [0.4, 0.5) is 0 Å². The van der Waals surface area contributed by atoms with E-state index < -0.39 is 0 Å². The Morgan fingerprint density at radius 1 is 1.13 bits per heavy atom. The molecule has 15 heavy (non-hydrogen) atoms. The summed E-state index contributed by atoms with van der Waals surface area (Å²) in [5, 5.41) is 3.81. The Balaban J connectivity index is 0.000000921. The molecule has 0 nitrogen and oxygen atoms in total. The average molecular weight is 220 g/mol. The van der Waals surface area contributed by atoms with Gasteiger partial charge in [0.25, 0.3) is 0 Å². The number of rotatable bonds is 1. The minimum atomic E-state index is 1.24. The second kappa shape index (κ2) is 8.44. The summed E-state index contributed by atoms with van der Waals surface area (Å²) in [6, 6.07) is 6.31. The van der Waals surface area contributed by atoms with E-state index in [0.29, 0.717) is 0 Å². The Kier molecular flexibility index (Phi) is 7.95. The molecule has 1 atom stereocenters. The molecule has 0 radical (unpaired) electrons. The van der Waals surface area contributed by atoms with Crippen LogP contribution >= 0.6 is 9.24 Å². The van der Waals surface area contributed by atoms with Crippen LogP contribution < -0.4 is 15.7 Å². The van der Waals surface area contributed by atoms with Crippen LogP contribution in [0.5, 0.6) is 0 Å². The Bertz CT molecular complexity index is 413. The summed E-state index contributed by atoms with van der Waals surface area (Å²) < 4.78 is 0. The highest BCUT2D eigenvalue weighted by molar-refractivity contribution is 7.27. The summed E-state index contributed by atoms with van der Waals surface area (Å²) in [6.45, 7) is 8.09. The van der Waals surface area contributed by atoms with Gasteiger partial charge in [0.05, 0.1) is 0 Å². The third-order valence-electron chi connectivity index (χ3n) is 1.94. The van der Waals surface area contributed by atoms with E-state index in [0.717, 1.165) is 0 Å². The van der Waals surface area contributed by atoms with Gasteiger partial charge in [-0.1, -0.05) is 56.4 Å². The first kappa shape index (κ1) is 14.1. The predicted octanol–water partition coefficient (Wildman–Crippen LogP) is 2.37. The van der Waals surface area contributed by atoms with Gasteiger partial charge in [0, 0.05) is 0 Å². The van der Waals surface area contributed by atoms with Crippen molar-refractivity contribution in [3.8, 4) is 0 Å². The number of allylic oxidation sites excluding steroid dienone is 2. The molecule has 0 aliphatic heterocycles. The van der Waals surface area contributed by atoms with E-state index in [-0.39, 0.29) is 0 Å². The number of hydrogen-bond acceptors (Lipinski definition) is 0. The maximum atomic E-state index is 2.76. The van der Waals surface area contributed by atoms with Gasteiger partial charge in [-0.15, -0.1) is 9.24 Å². The highest BCUT2D eigenvalue weighted by Gasteiger charge is 1.87. The second-order valence-electron chi connectivity index (χ2n) is 2.83. The van der Waals surface area contributed by atoms with Crippen LogP contribution in [-0.2, 0) is 0 Å². The van der Waals surface area contributed by atoms with Crippen molar-refractivity contribution in [1.82, 2.24) is 0 Å². The summed E-state index contributed by atoms with van der Waals surface area (Å²) in [6.07, 6.45) is 8.37. The zero-order chi connectivity index (χ0) is 11.7. The molecule has 0 N–H and O–H groups in total. The van der Waals surface area contributed by atoms with Gasteiger partial charge in [-0.3, -0.25) is 0 Å². The zero-order valence-corrected chi connectivity index (χ0v) is 11.3. The molecule has 0 spiro atoms. The lowest BCUT2D eigenvalue weighted by atomic mass is 10.2. The fourth-order valence-corrected chi connectivity index (χ4v) is 1.61. The molecule has 0 saturated carbocycles. The van der Waals surface area contributed by atoms with Crippen molar-refractivity contribution in [3.63, 3.8) is 0 Å². The normalized spacial score (nSPS) is 12.9. The summed E-state index contributed by atoms with van der Waals surface area (Å²) in [5.41, 5.74) is 0. The molecule has 1 aromatic carbocycles. The standard InChI is InChI=1S/C12H15P.C2H6/c1-3-5-8-11-10(4-2)7-6-9-12(11)13;1-2/h3-9H,13H2,1-2H3;1-2H3/b5-3-,10-4-,11-8+;. The molecule has 0 aliphatic rings. The van der Waals surface area contributed by atoms with Crippen molar-refractivity contribution in [2.45, 2.75) is 27.7 Å². The van der Waals surface area contributed by atoms with E-state index in [1.54, 1.807) is 0 Å². The number of benzene rings is 1. The van der Waals surface area contributed by atoms with E-state index in [2.05, 4.69) is 52.6 Å². The van der Waals surface area contributed by atoms with Crippen LogP contribution in [0, 0.1) is 0 Å². The van der Waals surface area contributed by atoms with Gasteiger partial charge in [-0.25, -0.2) is 0 Å². The van der Waals surface area contributed by atoms with Gasteiger partial charge in [0.1, 0.15) is 0 Å². The Morgan fingerprint density at radius 3 is 2.33 bits per heavy atom. The van der Waals surface area contributed by atoms with Gasteiger partial charge < -0.3 is 0 Å². The Morgan fingerprint density at radius 2 is 1.80 bits per heavy atom.